The molecule has 0 aromatic rings. The molecule has 2 nitrogen and oxygen atoms in total. The predicted molar refractivity (Wildman–Crippen MR) is 69.6 cm³/mol. The number of likely N-dealkylation sites (N-methyl/N-ethyl adjacent to an activating group) is 2. The largest absolute Gasteiger partial charge is 0.305 e. The van der Waals surface area contributed by atoms with Crippen molar-refractivity contribution < 1.29 is 0 Å². The zero-order valence-corrected chi connectivity index (χ0v) is 12.0. The van der Waals surface area contributed by atoms with E-state index in [1.807, 2.05) is 0 Å². The van der Waals surface area contributed by atoms with Gasteiger partial charge in [-0.2, -0.15) is 0 Å². The van der Waals surface area contributed by atoms with Crippen LogP contribution in [0.3, 0.4) is 0 Å². The summed E-state index contributed by atoms with van der Waals surface area (Å²) in [6.07, 6.45) is 2.81. The molecule has 0 radical (unpaired) electrons. The van der Waals surface area contributed by atoms with Gasteiger partial charge in [-0.15, -0.1) is 0 Å². The van der Waals surface area contributed by atoms with Crippen molar-refractivity contribution in [3.05, 3.63) is 0 Å². The molecule has 0 N–H and O–H groups in total. The summed E-state index contributed by atoms with van der Waals surface area (Å²) >= 11 is 0. The number of nitrogens with zero attached hydrogens (tertiary/aromatic N) is 2. The van der Waals surface area contributed by atoms with Gasteiger partial charge in [0, 0.05) is 12.1 Å². The van der Waals surface area contributed by atoms with Crippen LogP contribution in [0, 0.1) is 16.7 Å². The first-order valence-corrected chi connectivity index (χ1v) is 6.56. The molecule has 0 heterocycles. The van der Waals surface area contributed by atoms with E-state index in [0.29, 0.717) is 16.9 Å². The Bertz CT molecular complexity index is 282. The molecule has 2 rings (SSSR count). The van der Waals surface area contributed by atoms with Crippen LogP contribution in [-0.2, 0) is 0 Å². The fraction of sp³-hybridized carbons (Fsp3) is 1.00. The van der Waals surface area contributed by atoms with Crippen molar-refractivity contribution in [3.8, 4) is 0 Å². The van der Waals surface area contributed by atoms with Crippen LogP contribution in [0.1, 0.15) is 33.6 Å². The van der Waals surface area contributed by atoms with Crippen LogP contribution >= 0.6 is 0 Å². The molecule has 0 unspecified atom stereocenters. The van der Waals surface area contributed by atoms with E-state index in [1.165, 1.54) is 12.8 Å². The summed E-state index contributed by atoms with van der Waals surface area (Å²) in [5.74, 6) is 0.861. The monoisotopic (exact) mass is 224 g/mol. The molecule has 0 aliphatic heterocycles. The van der Waals surface area contributed by atoms with Crippen molar-refractivity contribution in [2.24, 2.45) is 16.7 Å². The van der Waals surface area contributed by atoms with E-state index >= 15 is 0 Å². The van der Waals surface area contributed by atoms with Gasteiger partial charge in [-0.1, -0.05) is 20.8 Å². The molecule has 0 aromatic carbocycles. The molecular formula is C14H28N2. The highest BCUT2D eigenvalue weighted by atomic mass is 15.2. The second kappa shape index (κ2) is 3.46. The Hall–Kier alpha value is -0.0800. The van der Waals surface area contributed by atoms with Gasteiger partial charge >= 0.3 is 0 Å². The summed E-state index contributed by atoms with van der Waals surface area (Å²) < 4.78 is 0. The number of rotatable bonds is 2. The third-order valence-corrected chi connectivity index (χ3v) is 5.91. The van der Waals surface area contributed by atoms with Crippen LogP contribution in [0.5, 0.6) is 0 Å². The van der Waals surface area contributed by atoms with Crippen LogP contribution in [-0.4, -0.2) is 50.1 Å². The van der Waals surface area contributed by atoms with Gasteiger partial charge in [-0.25, -0.2) is 0 Å². The molecule has 0 amide bonds. The highest BCUT2D eigenvalue weighted by molar-refractivity contribution is 5.19. The number of hydrogen-bond acceptors (Lipinski definition) is 2. The molecule has 2 aliphatic carbocycles. The lowest BCUT2D eigenvalue weighted by Gasteiger charge is -2.45. The average molecular weight is 224 g/mol. The maximum atomic E-state index is 2.52. The Balaban J connectivity index is 2.44. The van der Waals surface area contributed by atoms with Gasteiger partial charge in [0.2, 0.25) is 0 Å². The van der Waals surface area contributed by atoms with Crippen LogP contribution < -0.4 is 0 Å². The third-order valence-electron chi connectivity index (χ3n) is 5.91. The molecule has 2 bridgehead atoms. The molecular weight excluding hydrogens is 196 g/mol. The highest BCUT2D eigenvalue weighted by Crippen LogP contribution is 2.67. The topological polar surface area (TPSA) is 6.48 Å². The zero-order valence-electron chi connectivity index (χ0n) is 12.0. The van der Waals surface area contributed by atoms with Crippen LogP contribution in [0.25, 0.3) is 0 Å². The highest BCUT2D eigenvalue weighted by Gasteiger charge is 2.66. The molecule has 2 fully saturated rings. The Kier molecular flexibility index (Phi) is 2.67. The van der Waals surface area contributed by atoms with Gasteiger partial charge in [-0.05, 0) is 57.8 Å². The molecule has 0 saturated heterocycles. The summed E-state index contributed by atoms with van der Waals surface area (Å²) in [4.78, 5) is 4.92. The van der Waals surface area contributed by atoms with E-state index in [4.69, 9.17) is 0 Å². The maximum absolute atomic E-state index is 2.52. The van der Waals surface area contributed by atoms with E-state index in [9.17, 15) is 0 Å². The predicted octanol–water partition coefficient (Wildman–Crippen LogP) is 2.30. The van der Waals surface area contributed by atoms with Gasteiger partial charge in [-0.3, -0.25) is 0 Å². The van der Waals surface area contributed by atoms with Gasteiger partial charge in [0.25, 0.3) is 0 Å². The molecule has 0 spiro atoms. The van der Waals surface area contributed by atoms with Crippen molar-refractivity contribution in [3.63, 3.8) is 0 Å². The summed E-state index contributed by atoms with van der Waals surface area (Å²) in [6, 6.07) is 1.43. The maximum Gasteiger partial charge on any atom is 0.0307 e. The van der Waals surface area contributed by atoms with Gasteiger partial charge in [0.05, 0.1) is 0 Å². The van der Waals surface area contributed by atoms with Gasteiger partial charge in [0.1, 0.15) is 0 Å². The van der Waals surface area contributed by atoms with Crippen LogP contribution in [0.4, 0.5) is 0 Å². The first-order valence-electron chi connectivity index (χ1n) is 6.56. The summed E-state index contributed by atoms with van der Waals surface area (Å²) in [5.41, 5.74) is 0.965. The normalized spacial score (nSPS) is 45.9. The minimum Gasteiger partial charge on any atom is -0.305 e. The summed E-state index contributed by atoms with van der Waals surface area (Å²) in [6.45, 7) is 7.50. The van der Waals surface area contributed by atoms with Crippen molar-refractivity contribution in [2.75, 3.05) is 28.2 Å². The first kappa shape index (κ1) is 12.4. The SMILES string of the molecule is CN(C)[C@@H]1[C@H]2CC[C@@](C)([C@@H]1N(C)C)C2(C)C. The van der Waals surface area contributed by atoms with E-state index < -0.39 is 0 Å². The van der Waals surface area contributed by atoms with E-state index in [-0.39, 0.29) is 0 Å². The average Bonchev–Trinajstić information content (AvgIpc) is 2.45. The molecule has 0 aromatic heterocycles. The van der Waals surface area contributed by atoms with Gasteiger partial charge < -0.3 is 9.80 Å². The fourth-order valence-electron chi connectivity index (χ4n) is 4.80. The second-order valence-electron chi connectivity index (χ2n) is 7.15. The quantitative estimate of drug-likeness (QED) is 0.710. The molecule has 2 saturated carbocycles. The van der Waals surface area contributed by atoms with E-state index in [0.717, 1.165) is 12.0 Å². The van der Waals surface area contributed by atoms with Crippen molar-refractivity contribution in [2.45, 2.75) is 45.7 Å². The first-order chi connectivity index (χ1) is 7.23. The minimum atomic E-state index is 0.482. The second-order valence-corrected chi connectivity index (χ2v) is 7.15. The summed E-state index contributed by atoms with van der Waals surface area (Å²) in [7, 11) is 9.01. The van der Waals surface area contributed by atoms with Crippen LogP contribution in [0.2, 0.25) is 0 Å². The smallest absolute Gasteiger partial charge is 0.0307 e. The summed E-state index contributed by atoms with van der Waals surface area (Å²) in [5, 5.41) is 0. The third kappa shape index (κ3) is 1.26. The number of hydrogen-bond donors (Lipinski definition) is 0. The lowest BCUT2D eigenvalue weighted by atomic mass is 9.69. The zero-order chi connectivity index (χ0) is 12.3. The Morgan fingerprint density at radius 1 is 0.938 bits per heavy atom. The Morgan fingerprint density at radius 2 is 1.50 bits per heavy atom. The molecule has 16 heavy (non-hydrogen) atoms. The lowest BCUT2D eigenvalue weighted by molar-refractivity contribution is 0.0443. The van der Waals surface area contributed by atoms with Crippen molar-refractivity contribution in [1.29, 1.82) is 0 Å². The standard InChI is InChI=1S/C14H28N2/c1-13(2)10-8-9-14(13,3)12(16(6)7)11(10)15(4)5/h10-12H,8-9H2,1-7H3/t10-,11-,12-,14+/m1/s1. The Labute approximate surface area is 101 Å². The fourth-order valence-corrected chi connectivity index (χ4v) is 4.80. The molecule has 2 aliphatic rings. The Morgan fingerprint density at radius 3 is 1.88 bits per heavy atom. The lowest BCUT2D eigenvalue weighted by Crippen LogP contribution is -2.53. The van der Waals surface area contributed by atoms with Crippen molar-refractivity contribution >= 4 is 0 Å². The van der Waals surface area contributed by atoms with Gasteiger partial charge in [0.15, 0.2) is 0 Å². The molecule has 4 atom stereocenters. The van der Waals surface area contributed by atoms with E-state index in [1.54, 1.807) is 0 Å². The van der Waals surface area contributed by atoms with Crippen LogP contribution in [0.15, 0.2) is 0 Å². The van der Waals surface area contributed by atoms with E-state index in [2.05, 4.69) is 58.8 Å². The number of fused-ring (bicyclic) bond motifs is 2. The minimum absolute atomic E-state index is 0.482. The van der Waals surface area contributed by atoms with Crippen molar-refractivity contribution in [1.82, 2.24) is 9.80 Å². The molecule has 2 heteroatoms. The molecule has 94 valence electrons.